The summed E-state index contributed by atoms with van der Waals surface area (Å²) in [6.07, 6.45) is -1.23. The number of rotatable bonds is 3. The van der Waals surface area contributed by atoms with Crippen LogP contribution in [-0.2, 0) is 4.79 Å². The Morgan fingerprint density at radius 1 is 1.50 bits per heavy atom. The van der Waals surface area contributed by atoms with Crippen molar-refractivity contribution in [3.05, 3.63) is 34.9 Å². The summed E-state index contributed by atoms with van der Waals surface area (Å²) >= 11 is 5.79. The molecule has 1 unspecified atom stereocenters. The van der Waals surface area contributed by atoms with Gasteiger partial charge in [0, 0.05) is 5.02 Å². The van der Waals surface area contributed by atoms with E-state index in [9.17, 15) is 9.90 Å². The Bertz CT molecular complexity index is 330. The fraction of sp³-hybridized carbons (Fsp3) is 0.222. The molecule has 1 rings (SSSR count). The van der Waals surface area contributed by atoms with Crippen molar-refractivity contribution in [2.45, 2.75) is 12.5 Å². The molecule has 76 valence electrons. The maximum absolute atomic E-state index is 10.7. The highest BCUT2D eigenvalue weighted by Crippen LogP contribution is 2.24. The first-order valence-corrected chi connectivity index (χ1v) is 4.38. The number of benzene rings is 1. The van der Waals surface area contributed by atoms with Crippen LogP contribution in [0.15, 0.2) is 24.3 Å². The van der Waals surface area contributed by atoms with Crippen LogP contribution in [0.2, 0.25) is 5.02 Å². The molecule has 1 amide bonds. The molecule has 5 heteroatoms. The summed E-state index contributed by atoms with van der Waals surface area (Å²) in [5, 5.41) is 18.2. The molecule has 0 radical (unpaired) electrons. The van der Waals surface area contributed by atoms with Gasteiger partial charge < -0.3 is 5.11 Å². The van der Waals surface area contributed by atoms with E-state index >= 15 is 0 Å². The molecule has 4 nitrogen and oxygen atoms in total. The third kappa shape index (κ3) is 2.70. The zero-order chi connectivity index (χ0) is 10.6. The van der Waals surface area contributed by atoms with Crippen LogP contribution < -0.4 is 5.48 Å². The second kappa shape index (κ2) is 4.95. The topological polar surface area (TPSA) is 69.6 Å². The van der Waals surface area contributed by atoms with E-state index in [2.05, 4.69) is 0 Å². The Hall–Kier alpha value is -1.10. The normalized spacial score (nSPS) is 12.2. The second-order valence-electron chi connectivity index (χ2n) is 2.78. The average Bonchev–Trinajstić information content (AvgIpc) is 2.18. The highest BCUT2D eigenvalue weighted by molar-refractivity contribution is 6.31. The Morgan fingerprint density at radius 2 is 2.14 bits per heavy atom. The van der Waals surface area contributed by atoms with E-state index in [-0.39, 0.29) is 6.42 Å². The molecule has 3 N–H and O–H groups in total. The quantitative estimate of drug-likeness (QED) is 0.525. The number of hydrogen-bond acceptors (Lipinski definition) is 3. The molecule has 0 aliphatic carbocycles. The monoisotopic (exact) mass is 215 g/mol. The van der Waals surface area contributed by atoms with Gasteiger partial charge in [0.2, 0.25) is 5.91 Å². The summed E-state index contributed by atoms with van der Waals surface area (Å²) in [5.74, 6) is -0.655. The summed E-state index contributed by atoms with van der Waals surface area (Å²) in [6.45, 7) is 0. The molecule has 0 spiro atoms. The molecular weight excluding hydrogens is 206 g/mol. The lowest BCUT2D eigenvalue weighted by atomic mass is 10.1. The van der Waals surface area contributed by atoms with Crippen LogP contribution in [0.1, 0.15) is 18.1 Å². The molecule has 0 aromatic heterocycles. The van der Waals surface area contributed by atoms with E-state index in [4.69, 9.17) is 16.8 Å². The molecule has 0 heterocycles. The number of halogens is 1. The van der Waals surface area contributed by atoms with Gasteiger partial charge in [0.1, 0.15) is 0 Å². The van der Waals surface area contributed by atoms with E-state index < -0.39 is 12.0 Å². The van der Waals surface area contributed by atoms with Gasteiger partial charge >= 0.3 is 0 Å². The molecule has 0 saturated heterocycles. The lowest BCUT2D eigenvalue weighted by Gasteiger charge is -2.10. The summed E-state index contributed by atoms with van der Waals surface area (Å²) < 4.78 is 0. The van der Waals surface area contributed by atoms with E-state index in [1.54, 1.807) is 24.3 Å². The first-order valence-electron chi connectivity index (χ1n) is 4.00. The van der Waals surface area contributed by atoms with Crippen molar-refractivity contribution in [2.24, 2.45) is 0 Å². The van der Waals surface area contributed by atoms with Gasteiger partial charge in [0.25, 0.3) is 0 Å². The lowest BCUT2D eigenvalue weighted by Crippen LogP contribution is -2.21. The number of carbonyl (C=O) groups is 1. The van der Waals surface area contributed by atoms with Gasteiger partial charge in [-0.15, -0.1) is 0 Å². The van der Waals surface area contributed by atoms with E-state index in [1.165, 1.54) is 5.48 Å². The van der Waals surface area contributed by atoms with Gasteiger partial charge in [-0.1, -0.05) is 29.8 Å². The number of amides is 1. The summed E-state index contributed by atoms with van der Waals surface area (Å²) in [4.78, 5) is 10.7. The molecule has 1 aromatic carbocycles. The molecule has 14 heavy (non-hydrogen) atoms. The molecule has 0 aliphatic rings. The Labute approximate surface area is 86.1 Å². The zero-order valence-corrected chi connectivity index (χ0v) is 8.03. The molecule has 0 aliphatic heterocycles. The summed E-state index contributed by atoms with van der Waals surface area (Å²) in [7, 11) is 0. The van der Waals surface area contributed by atoms with Gasteiger partial charge in [-0.3, -0.25) is 10.0 Å². The average molecular weight is 216 g/mol. The number of carbonyl (C=O) groups excluding carboxylic acids is 1. The predicted molar refractivity (Wildman–Crippen MR) is 51.0 cm³/mol. The second-order valence-corrected chi connectivity index (χ2v) is 3.18. The fourth-order valence-corrected chi connectivity index (χ4v) is 1.34. The van der Waals surface area contributed by atoms with E-state index in [0.717, 1.165) is 0 Å². The summed E-state index contributed by atoms with van der Waals surface area (Å²) in [6, 6.07) is 6.68. The maximum Gasteiger partial charge on any atom is 0.246 e. The third-order valence-electron chi connectivity index (χ3n) is 1.77. The van der Waals surface area contributed by atoms with Crippen LogP contribution in [0.5, 0.6) is 0 Å². The SMILES string of the molecule is O=C(CC(O)c1ccccc1Cl)NO. The minimum atomic E-state index is -1.00. The van der Waals surface area contributed by atoms with Gasteiger partial charge in [-0.05, 0) is 11.6 Å². The number of nitrogens with one attached hydrogen (secondary N) is 1. The number of aliphatic hydroxyl groups is 1. The van der Waals surface area contributed by atoms with Crippen molar-refractivity contribution in [1.82, 2.24) is 5.48 Å². The van der Waals surface area contributed by atoms with Crippen molar-refractivity contribution in [3.63, 3.8) is 0 Å². The summed E-state index contributed by atoms with van der Waals surface area (Å²) in [5.41, 5.74) is 1.91. The van der Waals surface area contributed by atoms with Crippen molar-refractivity contribution >= 4 is 17.5 Å². The van der Waals surface area contributed by atoms with Gasteiger partial charge in [0.05, 0.1) is 12.5 Å². The highest BCUT2D eigenvalue weighted by Gasteiger charge is 2.14. The first kappa shape index (κ1) is 11.0. The van der Waals surface area contributed by atoms with Crippen molar-refractivity contribution in [2.75, 3.05) is 0 Å². The van der Waals surface area contributed by atoms with Gasteiger partial charge in [-0.2, -0.15) is 0 Å². The molecule has 0 saturated carbocycles. The fourth-order valence-electron chi connectivity index (χ4n) is 1.08. The zero-order valence-electron chi connectivity index (χ0n) is 7.27. The van der Waals surface area contributed by atoms with E-state index in [1.807, 2.05) is 0 Å². The van der Waals surface area contributed by atoms with E-state index in [0.29, 0.717) is 10.6 Å². The smallest absolute Gasteiger partial charge is 0.246 e. The van der Waals surface area contributed by atoms with Crippen LogP contribution >= 0.6 is 11.6 Å². The molecule has 0 bridgehead atoms. The van der Waals surface area contributed by atoms with Gasteiger partial charge in [-0.25, -0.2) is 5.48 Å². The highest BCUT2D eigenvalue weighted by atomic mass is 35.5. The third-order valence-corrected chi connectivity index (χ3v) is 2.11. The minimum Gasteiger partial charge on any atom is -0.388 e. The van der Waals surface area contributed by atoms with Crippen molar-refractivity contribution in [3.8, 4) is 0 Å². The molecule has 0 fully saturated rings. The van der Waals surface area contributed by atoms with Crippen molar-refractivity contribution in [1.29, 1.82) is 0 Å². The standard InChI is InChI=1S/C9H10ClNO3/c10-7-4-2-1-3-6(7)8(12)5-9(13)11-14/h1-4,8,12,14H,5H2,(H,11,13). The Morgan fingerprint density at radius 3 is 2.71 bits per heavy atom. The number of aliphatic hydroxyl groups excluding tert-OH is 1. The van der Waals surface area contributed by atoms with Gasteiger partial charge in [0.15, 0.2) is 0 Å². The maximum atomic E-state index is 10.7. The Balaban J connectivity index is 2.74. The van der Waals surface area contributed by atoms with Crippen LogP contribution in [0.25, 0.3) is 0 Å². The first-order chi connectivity index (χ1) is 6.65. The van der Waals surface area contributed by atoms with Crippen LogP contribution in [0.3, 0.4) is 0 Å². The number of hydrogen-bond donors (Lipinski definition) is 3. The predicted octanol–water partition coefficient (Wildman–Crippen LogP) is 1.27. The molecule has 1 atom stereocenters. The largest absolute Gasteiger partial charge is 0.388 e. The molecular formula is C9H10ClNO3. The minimum absolute atomic E-state index is 0.222. The number of hydroxylamine groups is 1. The molecule has 1 aromatic rings. The van der Waals surface area contributed by atoms with Crippen molar-refractivity contribution < 1.29 is 15.1 Å². The Kier molecular flexibility index (Phi) is 3.88. The van der Waals surface area contributed by atoms with Crippen LogP contribution in [-0.4, -0.2) is 16.2 Å². The lowest BCUT2D eigenvalue weighted by molar-refractivity contribution is -0.131. The van der Waals surface area contributed by atoms with Crippen LogP contribution in [0.4, 0.5) is 0 Å². The van der Waals surface area contributed by atoms with Crippen LogP contribution in [0, 0.1) is 0 Å².